The summed E-state index contributed by atoms with van der Waals surface area (Å²) in [6.45, 7) is 0. The van der Waals surface area contributed by atoms with Crippen LogP contribution in [0.25, 0.3) is 6.08 Å². The number of rotatable bonds is 5. The lowest BCUT2D eigenvalue weighted by atomic mass is 10.2. The van der Waals surface area contributed by atoms with E-state index in [1.54, 1.807) is 12.1 Å². The van der Waals surface area contributed by atoms with Crippen molar-refractivity contribution in [3.8, 4) is 5.88 Å². The maximum Gasteiger partial charge on any atom is 0.266 e. The molecule has 1 aromatic heterocycles. The molecule has 2 rings (SSSR count). The summed E-state index contributed by atoms with van der Waals surface area (Å²) in [7, 11) is -2.60. The Morgan fingerprint density at radius 1 is 1.33 bits per heavy atom. The Labute approximate surface area is 143 Å². The molecule has 0 fully saturated rings. The van der Waals surface area contributed by atoms with Crippen LogP contribution in [0.3, 0.4) is 0 Å². The lowest BCUT2D eigenvalue weighted by Gasteiger charge is -2.05. The lowest BCUT2D eigenvalue weighted by molar-refractivity contribution is 0.0982. The van der Waals surface area contributed by atoms with E-state index in [-0.39, 0.29) is 10.6 Å². The van der Waals surface area contributed by atoms with Crippen molar-refractivity contribution in [1.29, 1.82) is 0 Å². The number of halogens is 2. The van der Waals surface area contributed by atoms with Gasteiger partial charge in [0.1, 0.15) is 5.82 Å². The van der Waals surface area contributed by atoms with Crippen LogP contribution in [0.1, 0.15) is 15.9 Å². The number of amides is 1. The van der Waals surface area contributed by atoms with Crippen molar-refractivity contribution in [2.75, 3.05) is 7.11 Å². The molecule has 0 saturated carbocycles. The van der Waals surface area contributed by atoms with Crippen molar-refractivity contribution in [1.82, 2.24) is 9.71 Å². The number of carbonyl (C=O) groups excluding carboxylic acids is 1. The van der Waals surface area contributed by atoms with Crippen molar-refractivity contribution in [3.63, 3.8) is 0 Å². The number of hydrogen-bond donors (Lipinski definition) is 1. The molecule has 0 bridgehead atoms. The Balaban J connectivity index is 2.12. The summed E-state index contributed by atoms with van der Waals surface area (Å²) in [6.07, 6.45) is 2.66. The molecule has 126 valence electrons. The second-order valence-corrected chi connectivity index (χ2v) is 6.51. The molecular weight excluding hydrogens is 359 g/mol. The van der Waals surface area contributed by atoms with Crippen LogP contribution >= 0.6 is 11.6 Å². The van der Waals surface area contributed by atoms with Gasteiger partial charge in [-0.3, -0.25) is 4.79 Å². The number of ether oxygens (including phenoxy) is 1. The van der Waals surface area contributed by atoms with Gasteiger partial charge in [-0.05, 0) is 35.9 Å². The minimum absolute atomic E-state index is 0.152. The van der Waals surface area contributed by atoms with Crippen LogP contribution in [-0.2, 0) is 10.0 Å². The van der Waals surface area contributed by atoms with Gasteiger partial charge in [-0.2, -0.15) is 0 Å². The van der Waals surface area contributed by atoms with Gasteiger partial charge in [-0.25, -0.2) is 22.5 Å². The zero-order valence-electron chi connectivity index (χ0n) is 12.4. The minimum Gasteiger partial charge on any atom is -0.481 e. The van der Waals surface area contributed by atoms with Crippen LogP contribution in [0.15, 0.2) is 41.9 Å². The van der Waals surface area contributed by atoms with Crippen LogP contribution in [0.2, 0.25) is 5.02 Å². The normalized spacial score (nSPS) is 11.5. The number of aromatic nitrogens is 1. The Bertz CT molecular complexity index is 883. The Kier molecular flexibility index (Phi) is 5.53. The van der Waals surface area contributed by atoms with Gasteiger partial charge in [0.2, 0.25) is 5.88 Å². The van der Waals surface area contributed by atoms with Gasteiger partial charge in [0, 0.05) is 12.3 Å². The lowest BCUT2D eigenvalue weighted by Crippen LogP contribution is -2.29. The van der Waals surface area contributed by atoms with Gasteiger partial charge in [-0.15, -0.1) is 0 Å². The number of sulfonamides is 1. The fraction of sp³-hybridized carbons (Fsp3) is 0.0667. The topological polar surface area (TPSA) is 85.4 Å². The molecule has 2 aromatic rings. The summed E-state index contributed by atoms with van der Waals surface area (Å²) in [6, 6.07) is 6.17. The highest BCUT2D eigenvalue weighted by Gasteiger charge is 2.16. The first-order valence-electron chi connectivity index (χ1n) is 6.51. The molecule has 1 aromatic carbocycles. The Morgan fingerprint density at radius 3 is 2.67 bits per heavy atom. The predicted molar refractivity (Wildman–Crippen MR) is 87.6 cm³/mol. The molecule has 1 N–H and O–H groups in total. The molecule has 0 aliphatic carbocycles. The third-order valence-electron chi connectivity index (χ3n) is 2.82. The third kappa shape index (κ3) is 4.77. The monoisotopic (exact) mass is 370 g/mol. The van der Waals surface area contributed by atoms with Crippen LogP contribution in [0.4, 0.5) is 4.39 Å². The van der Waals surface area contributed by atoms with E-state index in [0.29, 0.717) is 11.4 Å². The highest BCUT2D eigenvalue weighted by atomic mass is 35.5. The van der Waals surface area contributed by atoms with Gasteiger partial charge in [0.15, 0.2) is 0 Å². The predicted octanol–water partition coefficient (Wildman–Crippen LogP) is 2.61. The fourth-order valence-corrected chi connectivity index (χ4v) is 2.70. The van der Waals surface area contributed by atoms with Crippen molar-refractivity contribution in [2.45, 2.75) is 0 Å². The van der Waals surface area contributed by atoms with E-state index in [9.17, 15) is 17.6 Å². The number of nitrogens with one attached hydrogen (secondary N) is 1. The molecule has 0 spiro atoms. The van der Waals surface area contributed by atoms with E-state index in [0.717, 1.165) is 23.6 Å². The first kappa shape index (κ1) is 17.9. The molecule has 0 unspecified atom stereocenters. The fourth-order valence-electron chi connectivity index (χ4n) is 1.67. The summed E-state index contributed by atoms with van der Waals surface area (Å²) in [4.78, 5) is 15.8. The molecule has 0 aliphatic rings. The van der Waals surface area contributed by atoms with Gasteiger partial charge < -0.3 is 4.74 Å². The highest BCUT2D eigenvalue weighted by Crippen LogP contribution is 2.17. The van der Waals surface area contributed by atoms with Gasteiger partial charge in [0.05, 0.1) is 23.1 Å². The van der Waals surface area contributed by atoms with Crippen LogP contribution < -0.4 is 9.46 Å². The van der Waals surface area contributed by atoms with Crippen LogP contribution in [0, 0.1) is 5.82 Å². The third-order valence-corrected chi connectivity index (χ3v) is 4.10. The summed E-state index contributed by atoms with van der Waals surface area (Å²) >= 11 is 5.72. The van der Waals surface area contributed by atoms with Crippen LogP contribution in [0.5, 0.6) is 5.88 Å². The van der Waals surface area contributed by atoms with Crippen molar-refractivity contribution in [2.24, 2.45) is 0 Å². The summed E-state index contributed by atoms with van der Waals surface area (Å²) in [5.41, 5.74) is 0.342. The highest BCUT2D eigenvalue weighted by molar-refractivity contribution is 7.93. The van der Waals surface area contributed by atoms with E-state index in [4.69, 9.17) is 16.3 Å². The SMILES string of the molecule is COc1ccc(C=CS(=O)(=O)NC(=O)c2ccc(F)cc2Cl)cn1. The average molecular weight is 371 g/mol. The standard InChI is InChI=1S/C15H12ClFN2O4S/c1-23-14-5-2-10(9-18-14)6-7-24(21,22)19-15(20)12-4-3-11(17)8-13(12)16/h2-9H,1H3,(H,19,20). The van der Waals surface area contributed by atoms with E-state index in [1.807, 2.05) is 4.72 Å². The summed E-state index contributed by atoms with van der Waals surface area (Å²) < 4.78 is 43.5. The second-order valence-electron chi connectivity index (χ2n) is 4.54. The summed E-state index contributed by atoms with van der Waals surface area (Å²) in [5.74, 6) is -1.21. The minimum atomic E-state index is -4.06. The molecule has 0 aliphatic heterocycles. The average Bonchev–Trinajstić information content (AvgIpc) is 2.53. The first-order chi connectivity index (χ1) is 11.3. The summed E-state index contributed by atoms with van der Waals surface area (Å²) in [5, 5.41) is 0.622. The quantitative estimate of drug-likeness (QED) is 0.874. The Morgan fingerprint density at radius 2 is 2.08 bits per heavy atom. The van der Waals surface area contributed by atoms with Crippen molar-refractivity contribution in [3.05, 3.63) is 63.9 Å². The van der Waals surface area contributed by atoms with Crippen molar-refractivity contribution < 1.29 is 22.3 Å². The molecule has 0 atom stereocenters. The molecule has 0 saturated heterocycles. The van der Waals surface area contributed by atoms with E-state index >= 15 is 0 Å². The number of benzene rings is 1. The molecule has 24 heavy (non-hydrogen) atoms. The van der Waals surface area contributed by atoms with E-state index in [1.165, 1.54) is 19.4 Å². The van der Waals surface area contributed by atoms with Gasteiger partial charge in [0.25, 0.3) is 15.9 Å². The number of methoxy groups -OCH3 is 1. The zero-order valence-corrected chi connectivity index (χ0v) is 13.9. The maximum atomic E-state index is 13.0. The maximum absolute atomic E-state index is 13.0. The number of hydrogen-bond acceptors (Lipinski definition) is 5. The molecule has 6 nitrogen and oxygen atoms in total. The van der Waals surface area contributed by atoms with E-state index < -0.39 is 21.7 Å². The molecule has 0 radical (unpaired) electrons. The van der Waals surface area contributed by atoms with Crippen molar-refractivity contribution >= 4 is 33.6 Å². The van der Waals surface area contributed by atoms with Crippen LogP contribution in [-0.4, -0.2) is 26.4 Å². The molecule has 9 heteroatoms. The Hall–Kier alpha value is -2.45. The van der Waals surface area contributed by atoms with Gasteiger partial charge in [-0.1, -0.05) is 11.6 Å². The largest absolute Gasteiger partial charge is 0.481 e. The smallest absolute Gasteiger partial charge is 0.266 e. The first-order valence-corrected chi connectivity index (χ1v) is 8.43. The van der Waals surface area contributed by atoms with E-state index in [2.05, 4.69) is 4.98 Å². The molecule has 1 heterocycles. The molecular formula is C15H12ClFN2O4S. The zero-order chi connectivity index (χ0) is 17.7. The number of nitrogens with zero attached hydrogens (tertiary/aromatic N) is 1. The number of carbonyl (C=O) groups is 1. The number of pyridine rings is 1. The second kappa shape index (κ2) is 7.41. The van der Waals surface area contributed by atoms with Gasteiger partial charge >= 0.3 is 0 Å². The molecule has 1 amide bonds.